The number of thiophene rings is 1. The topological polar surface area (TPSA) is 65.1 Å². The van der Waals surface area contributed by atoms with Crippen LogP contribution in [0.4, 0.5) is 5.69 Å². The summed E-state index contributed by atoms with van der Waals surface area (Å²) >= 11 is 1.53. The van der Waals surface area contributed by atoms with Crippen molar-refractivity contribution in [2.24, 2.45) is 0 Å². The van der Waals surface area contributed by atoms with Gasteiger partial charge in [-0.15, -0.1) is 11.3 Å². The van der Waals surface area contributed by atoms with Gasteiger partial charge in [0.05, 0.1) is 18.5 Å². The number of aryl methyl sites for hydroxylation is 1. The molecule has 8 heteroatoms. The molecule has 0 aliphatic carbocycles. The van der Waals surface area contributed by atoms with Crippen molar-refractivity contribution in [2.45, 2.75) is 25.8 Å². The predicted molar refractivity (Wildman–Crippen MR) is 128 cm³/mol. The fourth-order valence-electron chi connectivity index (χ4n) is 4.35. The average Bonchev–Trinajstić information content (AvgIpc) is 3.27. The fourth-order valence-corrected chi connectivity index (χ4v) is 5.12. The highest BCUT2D eigenvalue weighted by molar-refractivity contribution is 7.13. The van der Waals surface area contributed by atoms with Gasteiger partial charge in [0.25, 0.3) is 5.91 Å². The fraction of sp³-hybridized carbons (Fsp3) is 0.500. The average molecular weight is 457 g/mol. The predicted octanol–water partition coefficient (Wildman–Crippen LogP) is 2.61. The number of piperidine rings is 1. The van der Waals surface area contributed by atoms with Gasteiger partial charge in [-0.3, -0.25) is 14.5 Å². The number of nitrogens with zero attached hydrogens (tertiary/aromatic N) is 3. The zero-order valence-corrected chi connectivity index (χ0v) is 19.7. The Labute approximate surface area is 193 Å². The molecule has 2 fully saturated rings. The molecule has 4 rings (SSSR count). The number of hydrogen-bond acceptors (Lipinski definition) is 6. The minimum atomic E-state index is 0.0207. The van der Waals surface area contributed by atoms with Crippen molar-refractivity contribution in [3.05, 3.63) is 46.2 Å². The number of hydrogen-bond donors (Lipinski definition) is 1. The smallest absolute Gasteiger partial charge is 0.261 e. The maximum atomic E-state index is 12.8. The summed E-state index contributed by atoms with van der Waals surface area (Å²) in [6.45, 7) is 7.33. The van der Waals surface area contributed by atoms with E-state index in [1.807, 2.05) is 36.1 Å². The number of ether oxygens (including phenoxy) is 1. The van der Waals surface area contributed by atoms with Gasteiger partial charge in [0.15, 0.2) is 0 Å². The lowest BCUT2D eigenvalue weighted by molar-refractivity contribution is -0.133. The third-order valence-electron chi connectivity index (χ3n) is 6.32. The van der Waals surface area contributed by atoms with E-state index in [1.165, 1.54) is 17.0 Å². The molecular weight excluding hydrogens is 424 g/mol. The number of benzene rings is 1. The molecule has 172 valence electrons. The Bertz CT molecular complexity index is 914. The summed E-state index contributed by atoms with van der Waals surface area (Å²) in [7, 11) is 1.67. The first-order valence-electron chi connectivity index (χ1n) is 11.3. The van der Waals surface area contributed by atoms with Gasteiger partial charge in [-0.2, -0.15) is 0 Å². The molecule has 2 aliphatic heterocycles. The van der Waals surface area contributed by atoms with Crippen LogP contribution in [-0.4, -0.2) is 80.6 Å². The van der Waals surface area contributed by atoms with Crippen molar-refractivity contribution in [1.29, 1.82) is 0 Å². The van der Waals surface area contributed by atoms with Crippen molar-refractivity contribution >= 4 is 28.8 Å². The Balaban J connectivity index is 1.18. The van der Waals surface area contributed by atoms with E-state index in [4.69, 9.17) is 4.74 Å². The number of methoxy groups -OCH3 is 1. The Morgan fingerprint density at radius 1 is 1.00 bits per heavy atom. The van der Waals surface area contributed by atoms with Crippen LogP contribution in [-0.2, 0) is 4.79 Å². The molecule has 2 aromatic rings. The number of anilines is 1. The quantitative estimate of drug-likeness (QED) is 0.724. The monoisotopic (exact) mass is 456 g/mol. The highest BCUT2D eigenvalue weighted by Crippen LogP contribution is 2.21. The van der Waals surface area contributed by atoms with Gasteiger partial charge in [0.1, 0.15) is 5.75 Å². The van der Waals surface area contributed by atoms with Crippen molar-refractivity contribution in [3.63, 3.8) is 0 Å². The second-order valence-electron chi connectivity index (χ2n) is 8.50. The van der Waals surface area contributed by atoms with Crippen molar-refractivity contribution in [2.75, 3.05) is 57.8 Å². The Morgan fingerprint density at radius 3 is 2.28 bits per heavy atom. The van der Waals surface area contributed by atoms with Gasteiger partial charge in [-0.05, 0) is 56.2 Å². The summed E-state index contributed by atoms with van der Waals surface area (Å²) in [4.78, 5) is 33.6. The molecule has 2 aliphatic rings. The van der Waals surface area contributed by atoms with Crippen molar-refractivity contribution in [3.8, 4) is 5.75 Å². The van der Waals surface area contributed by atoms with Crippen LogP contribution in [0, 0.1) is 6.92 Å². The normalized spacial score (nSPS) is 17.9. The number of carbonyl (C=O) groups excluding carboxylic acids is 2. The van der Waals surface area contributed by atoms with E-state index in [0.29, 0.717) is 6.54 Å². The van der Waals surface area contributed by atoms with Gasteiger partial charge in [-0.25, -0.2) is 0 Å². The van der Waals surface area contributed by atoms with E-state index in [-0.39, 0.29) is 17.9 Å². The van der Waals surface area contributed by atoms with Gasteiger partial charge in [0, 0.05) is 55.9 Å². The van der Waals surface area contributed by atoms with Crippen LogP contribution in [0.15, 0.2) is 36.4 Å². The maximum absolute atomic E-state index is 12.8. The number of likely N-dealkylation sites (tertiary alicyclic amines) is 1. The summed E-state index contributed by atoms with van der Waals surface area (Å²) in [5.41, 5.74) is 1.17. The first-order valence-corrected chi connectivity index (χ1v) is 12.1. The summed E-state index contributed by atoms with van der Waals surface area (Å²) in [6.07, 6.45) is 1.77. The second kappa shape index (κ2) is 10.4. The zero-order valence-electron chi connectivity index (χ0n) is 18.9. The van der Waals surface area contributed by atoms with E-state index in [9.17, 15) is 9.59 Å². The summed E-state index contributed by atoms with van der Waals surface area (Å²) in [5, 5.41) is 3.15. The molecule has 2 saturated heterocycles. The lowest BCUT2D eigenvalue weighted by Crippen LogP contribution is -2.52. The minimum Gasteiger partial charge on any atom is -0.497 e. The first kappa shape index (κ1) is 22.6. The maximum Gasteiger partial charge on any atom is 0.261 e. The molecule has 0 saturated carbocycles. The van der Waals surface area contributed by atoms with E-state index >= 15 is 0 Å². The Morgan fingerprint density at radius 2 is 1.69 bits per heavy atom. The molecular formula is C24H32N4O3S. The molecule has 0 atom stereocenters. The van der Waals surface area contributed by atoms with Crippen molar-refractivity contribution in [1.82, 2.24) is 15.1 Å². The molecule has 1 aromatic heterocycles. The molecule has 1 N–H and O–H groups in total. The lowest BCUT2D eigenvalue weighted by atomic mass is 10.0. The Kier molecular flexibility index (Phi) is 7.32. The van der Waals surface area contributed by atoms with Gasteiger partial charge in [0.2, 0.25) is 5.91 Å². The summed E-state index contributed by atoms with van der Waals surface area (Å²) < 4.78 is 5.23. The summed E-state index contributed by atoms with van der Waals surface area (Å²) in [5.74, 6) is 1.08. The van der Waals surface area contributed by atoms with Gasteiger partial charge < -0.3 is 19.9 Å². The molecule has 2 amide bonds. The van der Waals surface area contributed by atoms with Crippen LogP contribution in [0.2, 0.25) is 0 Å². The van der Waals surface area contributed by atoms with Crippen molar-refractivity contribution < 1.29 is 14.3 Å². The van der Waals surface area contributed by atoms with Crippen LogP contribution >= 0.6 is 11.3 Å². The number of amides is 2. The highest BCUT2D eigenvalue weighted by Gasteiger charge is 2.26. The van der Waals surface area contributed by atoms with Gasteiger partial charge in [-0.1, -0.05) is 0 Å². The van der Waals surface area contributed by atoms with E-state index < -0.39 is 0 Å². The zero-order chi connectivity index (χ0) is 22.5. The van der Waals surface area contributed by atoms with Gasteiger partial charge >= 0.3 is 0 Å². The summed E-state index contributed by atoms with van der Waals surface area (Å²) in [6, 6.07) is 12.1. The SMILES string of the molecule is COc1ccc(N2CCN(C(=O)CN3CCC(NC(=O)c4ccc(C)s4)CC3)CC2)cc1. The minimum absolute atomic E-state index is 0.0207. The highest BCUT2D eigenvalue weighted by atomic mass is 32.1. The van der Waals surface area contributed by atoms with Crippen LogP contribution in [0.25, 0.3) is 0 Å². The molecule has 0 unspecified atom stereocenters. The third kappa shape index (κ3) is 5.61. The third-order valence-corrected chi connectivity index (χ3v) is 7.32. The number of rotatable bonds is 6. The second-order valence-corrected chi connectivity index (χ2v) is 9.79. The van der Waals surface area contributed by atoms with E-state index in [1.54, 1.807) is 7.11 Å². The molecule has 0 spiro atoms. The number of piperazine rings is 1. The van der Waals surface area contributed by atoms with Crippen LogP contribution in [0.3, 0.4) is 0 Å². The number of nitrogens with one attached hydrogen (secondary N) is 1. The standard InChI is InChI=1S/C24H32N4O3S/c1-18-3-8-22(32-18)24(30)25-19-9-11-26(12-10-19)17-23(29)28-15-13-27(14-16-28)20-4-6-21(31-2)7-5-20/h3-8,19H,9-17H2,1-2H3,(H,25,30). The molecule has 1 aromatic carbocycles. The lowest BCUT2D eigenvalue weighted by Gasteiger charge is -2.38. The van der Waals surface area contributed by atoms with Crippen LogP contribution < -0.4 is 15.0 Å². The molecule has 3 heterocycles. The molecule has 7 nitrogen and oxygen atoms in total. The number of carbonyl (C=O) groups is 2. The van der Waals surface area contributed by atoms with E-state index in [0.717, 1.165) is 67.6 Å². The molecule has 32 heavy (non-hydrogen) atoms. The molecule has 0 bridgehead atoms. The molecule has 0 radical (unpaired) electrons. The van der Waals surface area contributed by atoms with E-state index in [2.05, 4.69) is 27.2 Å². The van der Waals surface area contributed by atoms with Crippen LogP contribution in [0.1, 0.15) is 27.4 Å². The first-order chi connectivity index (χ1) is 15.5. The largest absolute Gasteiger partial charge is 0.497 e. The Hall–Kier alpha value is -2.58. The van der Waals surface area contributed by atoms with Crippen LogP contribution in [0.5, 0.6) is 5.75 Å².